The fourth-order valence-corrected chi connectivity index (χ4v) is 1.90. The van der Waals surface area contributed by atoms with E-state index in [2.05, 4.69) is 24.8 Å². The molecule has 0 aliphatic rings. The summed E-state index contributed by atoms with van der Waals surface area (Å²) in [6.07, 6.45) is 7.64. The number of aromatic amines is 1. The van der Waals surface area contributed by atoms with Gasteiger partial charge in [-0.05, 0) is 12.8 Å². The highest BCUT2D eigenvalue weighted by atomic mass is 16.1. The molecule has 2 N–H and O–H groups in total. The first-order valence-electron chi connectivity index (χ1n) is 6.96. The predicted octanol–water partition coefficient (Wildman–Crippen LogP) is 1.98. The molecule has 0 saturated heterocycles. The second kappa shape index (κ2) is 6.88. The summed E-state index contributed by atoms with van der Waals surface area (Å²) in [7, 11) is 0. The second-order valence-corrected chi connectivity index (χ2v) is 5.10. The van der Waals surface area contributed by atoms with Crippen molar-refractivity contribution >= 4 is 5.82 Å². The Morgan fingerprint density at radius 2 is 2.25 bits per heavy atom. The maximum absolute atomic E-state index is 11.5. The van der Waals surface area contributed by atoms with Crippen LogP contribution in [0.5, 0.6) is 0 Å². The number of hydrogen-bond donors (Lipinski definition) is 2. The highest BCUT2D eigenvalue weighted by molar-refractivity contribution is 5.33. The summed E-state index contributed by atoms with van der Waals surface area (Å²) in [6.45, 7) is 5.78. The minimum atomic E-state index is -0.107. The quantitative estimate of drug-likeness (QED) is 0.758. The zero-order chi connectivity index (χ0) is 14.4. The number of aryl methyl sites for hydroxylation is 1. The van der Waals surface area contributed by atoms with E-state index in [4.69, 9.17) is 0 Å². The van der Waals surface area contributed by atoms with Gasteiger partial charge in [-0.3, -0.25) is 4.79 Å². The van der Waals surface area contributed by atoms with Gasteiger partial charge >= 0.3 is 0 Å². The third-order valence-electron chi connectivity index (χ3n) is 3.02. The van der Waals surface area contributed by atoms with Crippen LogP contribution in [0.25, 0.3) is 0 Å². The standard InChI is InChI=1S/C14H21N5O/c1-11(2)14-17-12(9-13(20)18-14)16-5-3-4-7-19-8-6-15-10-19/h6,8-11H,3-5,7H2,1-2H3,(H2,16,17,18,20). The summed E-state index contributed by atoms with van der Waals surface area (Å²) in [6, 6.07) is 1.50. The van der Waals surface area contributed by atoms with Gasteiger partial charge < -0.3 is 14.9 Å². The molecule has 0 saturated carbocycles. The van der Waals surface area contributed by atoms with Crippen LogP contribution in [0, 0.1) is 0 Å². The zero-order valence-electron chi connectivity index (χ0n) is 12.0. The minimum absolute atomic E-state index is 0.107. The lowest BCUT2D eigenvalue weighted by Gasteiger charge is -2.09. The maximum atomic E-state index is 11.5. The predicted molar refractivity (Wildman–Crippen MR) is 78.9 cm³/mol. The van der Waals surface area contributed by atoms with Crippen molar-refractivity contribution in [2.24, 2.45) is 0 Å². The molecule has 108 valence electrons. The highest BCUT2D eigenvalue weighted by Crippen LogP contribution is 2.09. The van der Waals surface area contributed by atoms with Crippen molar-refractivity contribution in [2.75, 3.05) is 11.9 Å². The molecule has 0 spiro atoms. The van der Waals surface area contributed by atoms with Crippen LogP contribution in [0.15, 0.2) is 29.6 Å². The number of nitrogens with one attached hydrogen (secondary N) is 2. The van der Waals surface area contributed by atoms with Gasteiger partial charge in [0.1, 0.15) is 11.6 Å². The molecule has 0 fully saturated rings. The van der Waals surface area contributed by atoms with E-state index in [-0.39, 0.29) is 11.5 Å². The van der Waals surface area contributed by atoms with Crippen LogP contribution in [0.2, 0.25) is 0 Å². The lowest BCUT2D eigenvalue weighted by Crippen LogP contribution is -2.15. The van der Waals surface area contributed by atoms with Crippen molar-refractivity contribution in [3.8, 4) is 0 Å². The lowest BCUT2D eigenvalue weighted by molar-refractivity contribution is 0.620. The van der Waals surface area contributed by atoms with Gasteiger partial charge in [0, 0.05) is 37.5 Å². The summed E-state index contributed by atoms with van der Waals surface area (Å²) in [5, 5.41) is 3.20. The Labute approximate surface area is 118 Å². The van der Waals surface area contributed by atoms with Crippen molar-refractivity contribution in [3.05, 3.63) is 41.0 Å². The van der Waals surface area contributed by atoms with Gasteiger partial charge in [-0.25, -0.2) is 9.97 Å². The molecule has 2 aromatic heterocycles. The maximum Gasteiger partial charge on any atom is 0.252 e. The number of aromatic nitrogens is 4. The average Bonchev–Trinajstić information content (AvgIpc) is 2.91. The number of H-pyrrole nitrogens is 1. The molecule has 0 radical (unpaired) electrons. The Kier molecular flexibility index (Phi) is 4.92. The van der Waals surface area contributed by atoms with E-state index in [0.29, 0.717) is 5.82 Å². The van der Waals surface area contributed by atoms with Crippen LogP contribution < -0.4 is 10.9 Å². The van der Waals surface area contributed by atoms with E-state index in [1.54, 1.807) is 6.20 Å². The Morgan fingerprint density at radius 3 is 2.95 bits per heavy atom. The summed E-state index contributed by atoms with van der Waals surface area (Å²) in [5.74, 6) is 1.59. The Balaban J connectivity index is 1.77. The first kappa shape index (κ1) is 14.3. The first-order chi connectivity index (χ1) is 9.65. The first-order valence-corrected chi connectivity index (χ1v) is 6.96. The van der Waals surface area contributed by atoms with Crippen LogP contribution in [-0.2, 0) is 6.54 Å². The van der Waals surface area contributed by atoms with E-state index >= 15 is 0 Å². The smallest absolute Gasteiger partial charge is 0.252 e. The molecule has 6 heteroatoms. The highest BCUT2D eigenvalue weighted by Gasteiger charge is 2.04. The van der Waals surface area contributed by atoms with Crippen molar-refractivity contribution < 1.29 is 0 Å². The normalized spacial score (nSPS) is 10.9. The molecular formula is C14H21N5O. The molecule has 0 bridgehead atoms. The monoisotopic (exact) mass is 275 g/mol. The number of unbranched alkanes of at least 4 members (excludes halogenated alkanes) is 1. The Bertz CT molecular complexity index is 574. The van der Waals surface area contributed by atoms with Crippen molar-refractivity contribution in [2.45, 2.75) is 39.2 Å². The number of imidazole rings is 1. The molecule has 0 amide bonds. The average molecular weight is 275 g/mol. The van der Waals surface area contributed by atoms with E-state index < -0.39 is 0 Å². The van der Waals surface area contributed by atoms with Crippen LogP contribution >= 0.6 is 0 Å². The van der Waals surface area contributed by atoms with E-state index in [0.717, 1.165) is 31.8 Å². The molecule has 2 heterocycles. The van der Waals surface area contributed by atoms with Gasteiger partial charge in [0.15, 0.2) is 0 Å². The second-order valence-electron chi connectivity index (χ2n) is 5.10. The molecule has 0 aliphatic carbocycles. The summed E-state index contributed by atoms with van der Waals surface area (Å²) in [4.78, 5) is 22.7. The molecule has 6 nitrogen and oxygen atoms in total. The molecule has 0 aromatic carbocycles. The van der Waals surface area contributed by atoms with E-state index in [1.807, 2.05) is 26.4 Å². The number of anilines is 1. The van der Waals surface area contributed by atoms with Crippen LogP contribution in [-0.4, -0.2) is 26.1 Å². The Morgan fingerprint density at radius 1 is 1.40 bits per heavy atom. The third-order valence-corrected chi connectivity index (χ3v) is 3.02. The van der Waals surface area contributed by atoms with Crippen LogP contribution in [0.3, 0.4) is 0 Å². The van der Waals surface area contributed by atoms with Gasteiger partial charge in [0.05, 0.1) is 6.33 Å². The van der Waals surface area contributed by atoms with Crippen LogP contribution in [0.4, 0.5) is 5.82 Å². The summed E-state index contributed by atoms with van der Waals surface area (Å²) in [5.41, 5.74) is -0.107. The SMILES string of the molecule is CC(C)c1nc(NCCCCn2ccnc2)cc(=O)[nH]1. The van der Waals surface area contributed by atoms with Crippen molar-refractivity contribution in [1.82, 2.24) is 19.5 Å². The van der Waals surface area contributed by atoms with E-state index in [1.165, 1.54) is 6.07 Å². The molecule has 2 rings (SSSR count). The van der Waals surface area contributed by atoms with Crippen molar-refractivity contribution in [3.63, 3.8) is 0 Å². The topological polar surface area (TPSA) is 75.6 Å². The fraction of sp³-hybridized carbons (Fsp3) is 0.500. The molecule has 0 aliphatic heterocycles. The van der Waals surface area contributed by atoms with Gasteiger partial charge in [-0.15, -0.1) is 0 Å². The van der Waals surface area contributed by atoms with Gasteiger partial charge in [-0.2, -0.15) is 0 Å². The van der Waals surface area contributed by atoms with Crippen LogP contribution in [0.1, 0.15) is 38.4 Å². The van der Waals surface area contributed by atoms with Gasteiger partial charge in [0.2, 0.25) is 0 Å². The number of rotatable bonds is 7. The van der Waals surface area contributed by atoms with Gasteiger partial charge in [0.25, 0.3) is 5.56 Å². The summed E-state index contributed by atoms with van der Waals surface area (Å²) < 4.78 is 2.06. The molecule has 0 unspecified atom stereocenters. The Hall–Kier alpha value is -2.11. The third kappa shape index (κ3) is 4.22. The molecular weight excluding hydrogens is 254 g/mol. The number of nitrogens with zero attached hydrogens (tertiary/aromatic N) is 3. The lowest BCUT2D eigenvalue weighted by atomic mass is 10.2. The van der Waals surface area contributed by atoms with E-state index in [9.17, 15) is 4.79 Å². The van der Waals surface area contributed by atoms with Gasteiger partial charge in [-0.1, -0.05) is 13.8 Å². The number of hydrogen-bond acceptors (Lipinski definition) is 4. The summed E-state index contributed by atoms with van der Waals surface area (Å²) >= 11 is 0. The fourth-order valence-electron chi connectivity index (χ4n) is 1.90. The zero-order valence-corrected chi connectivity index (χ0v) is 12.0. The molecule has 0 atom stereocenters. The molecule has 20 heavy (non-hydrogen) atoms. The molecule has 2 aromatic rings. The largest absolute Gasteiger partial charge is 0.370 e. The minimum Gasteiger partial charge on any atom is -0.370 e. The van der Waals surface area contributed by atoms with Crippen molar-refractivity contribution in [1.29, 1.82) is 0 Å².